The van der Waals surface area contributed by atoms with Gasteiger partial charge in [0.2, 0.25) is 0 Å². The van der Waals surface area contributed by atoms with Crippen molar-refractivity contribution in [3.05, 3.63) is 29.1 Å². The number of fused-ring (bicyclic) bond motifs is 1. The Bertz CT molecular complexity index is 807. The molecule has 0 spiro atoms. The number of rotatable bonds is 5. The van der Waals surface area contributed by atoms with Crippen LogP contribution in [0.25, 0.3) is 0 Å². The maximum Gasteiger partial charge on any atom is 0.324 e. The Hall–Kier alpha value is -2.15. The van der Waals surface area contributed by atoms with Crippen molar-refractivity contribution in [2.24, 2.45) is 5.92 Å². The van der Waals surface area contributed by atoms with Crippen molar-refractivity contribution in [2.45, 2.75) is 57.4 Å². The number of carbonyl (C=O) groups is 2. The van der Waals surface area contributed by atoms with Crippen molar-refractivity contribution < 1.29 is 19.1 Å². The molecule has 7 heteroatoms. The van der Waals surface area contributed by atoms with Crippen LogP contribution in [0.15, 0.2) is 12.1 Å². The van der Waals surface area contributed by atoms with Crippen LogP contribution in [0.1, 0.15) is 49.7 Å². The van der Waals surface area contributed by atoms with Crippen LogP contribution in [0.3, 0.4) is 0 Å². The predicted octanol–water partition coefficient (Wildman–Crippen LogP) is 3.52. The molecule has 1 N–H and O–H groups in total. The van der Waals surface area contributed by atoms with E-state index in [2.05, 4.69) is 11.9 Å². The number of urea groups is 1. The highest BCUT2D eigenvalue weighted by Gasteiger charge is 2.37. The molecule has 1 aromatic rings. The van der Waals surface area contributed by atoms with Gasteiger partial charge in [0.25, 0.3) is 0 Å². The third-order valence-corrected chi connectivity index (χ3v) is 7.18. The molecule has 4 rings (SSSR count). The number of carboxylic acid groups (broad SMARTS) is 1. The van der Waals surface area contributed by atoms with Gasteiger partial charge in [-0.05, 0) is 75.1 Å². The summed E-state index contributed by atoms with van der Waals surface area (Å²) in [5, 5.41) is 8.87. The third-order valence-electron chi connectivity index (χ3n) is 7.18. The van der Waals surface area contributed by atoms with E-state index in [1.165, 1.54) is 0 Å². The summed E-state index contributed by atoms with van der Waals surface area (Å²) < 4.78 is 15.4. The van der Waals surface area contributed by atoms with E-state index in [1.807, 2.05) is 11.0 Å². The second-order valence-electron chi connectivity index (χ2n) is 9.07. The Labute approximate surface area is 177 Å². The summed E-state index contributed by atoms with van der Waals surface area (Å²) in [6, 6.07) is 3.87. The van der Waals surface area contributed by atoms with Crippen LogP contribution in [0.5, 0.6) is 0 Å². The molecule has 0 atom stereocenters. The molecule has 1 aliphatic carbocycles. The minimum absolute atomic E-state index is 0.0893. The van der Waals surface area contributed by atoms with E-state index in [4.69, 9.17) is 5.11 Å². The average Bonchev–Trinajstić information content (AvgIpc) is 2.99. The van der Waals surface area contributed by atoms with Gasteiger partial charge < -0.3 is 14.9 Å². The topological polar surface area (TPSA) is 64.1 Å². The van der Waals surface area contributed by atoms with Crippen LogP contribution in [0.4, 0.5) is 14.9 Å². The minimum Gasteiger partial charge on any atom is -0.481 e. The number of amides is 2. The van der Waals surface area contributed by atoms with Gasteiger partial charge in [-0.25, -0.2) is 9.18 Å². The number of benzene rings is 1. The average molecular weight is 418 g/mol. The van der Waals surface area contributed by atoms with Crippen molar-refractivity contribution in [3.8, 4) is 0 Å². The van der Waals surface area contributed by atoms with Crippen molar-refractivity contribution in [2.75, 3.05) is 38.1 Å². The molecule has 2 heterocycles. The molecule has 0 radical (unpaired) electrons. The number of hydrogen-bond donors (Lipinski definition) is 1. The standard InChI is InChI=1S/C23H32FN3O3/c1-25-12-10-17-5-8-20(22(24)19(17)11-13-25)27-15-14-26(23(27)30)18-6-2-16(3-7-18)4-9-21(28)29/h5,8,16,18H,2-4,6-7,9-15H2,1H3,(H,28,29). The summed E-state index contributed by atoms with van der Waals surface area (Å²) in [5.41, 5.74) is 2.24. The lowest BCUT2D eigenvalue weighted by Crippen LogP contribution is -2.41. The Morgan fingerprint density at radius 3 is 2.57 bits per heavy atom. The van der Waals surface area contributed by atoms with Gasteiger partial charge in [-0.3, -0.25) is 9.69 Å². The molecule has 1 aromatic carbocycles. The lowest BCUT2D eigenvalue weighted by Gasteiger charge is -2.34. The Balaban J connectivity index is 1.41. The molecule has 2 aliphatic heterocycles. The molecule has 2 amide bonds. The minimum atomic E-state index is -0.739. The lowest BCUT2D eigenvalue weighted by atomic mass is 9.83. The fraction of sp³-hybridized carbons (Fsp3) is 0.652. The maximum absolute atomic E-state index is 15.4. The first-order valence-electron chi connectivity index (χ1n) is 11.2. The van der Waals surface area contributed by atoms with Crippen molar-refractivity contribution in [1.82, 2.24) is 9.80 Å². The third kappa shape index (κ3) is 4.31. The molecule has 6 nitrogen and oxygen atoms in total. The van der Waals surface area contributed by atoms with Crippen LogP contribution < -0.4 is 4.90 Å². The largest absolute Gasteiger partial charge is 0.481 e. The molecule has 0 bridgehead atoms. The highest BCUT2D eigenvalue weighted by molar-refractivity contribution is 5.94. The van der Waals surface area contributed by atoms with E-state index in [1.54, 1.807) is 11.0 Å². The Morgan fingerprint density at radius 2 is 1.83 bits per heavy atom. The summed E-state index contributed by atoms with van der Waals surface area (Å²) in [4.78, 5) is 29.7. The van der Waals surface area contributed by atoms with E-state index in [0.29, 0.717) is 31.1 Å². The Kier molecular flexibility index (Phi) is 6.27. The number of likely N-dealkylation sites (N-methyl/N-ethyl adjacent to an activating group) is 1. The molecule has 1 saturated carbocycles. The van der Waals surface area contributed by atoms with Gasteiger partial charge in [0.05, 0.1) is 5.69 Å². The highest BCUT2D eigenvalue weighted by atomic mass is 19.1. The molecule has 0 unspecified atom stereocenters. The quantitative estimate of drug-likeness (QED) is 0.796. The van der Waals surface area contributed by atoms with Gasteiger partial charge in [-0.15, -0.1) is 0 Å². The Morgan fingerprint density at radius 1 is 1.10 bits per heavy atom. The van der Waals surface area contributed by atoms with Crippen LogP contribution in [0.2, 0.25) is 0 Å². The normalized spacial score (nSPS) is 25.3. The van der Waals surface area contributed by atoms with E-state index in [0.717, 1.165) is 62.7 Å². The summed E-state index contributed by atoms with van der Waals surface area (Å²) in [7, 11) is 2.06. The molecule has 0 aromatic heterocycles. The molecular weight excluding hydrogens is 385 g/mol. The first-order chi connectivity index (χ1) is 14.4. The van der Waals surface area contributed by atoms with Crippen LogP contribution in [0, 0.1) is 11.7 Å². The number of aliphatic carboxylic acids is 1. The van der Waals surface area contributed by atoms with Gasteiger partial charge in [0, 0.05) is 38.6 Å². The monoisotopic (exact) mass is 417 g/mol. The van der Waals surface area contributed by atoms with E-state index < -0.39 is 5.97 Å². The first-order valence-corrected chi connectivity index (χ1v) is 11.2. The predicted molar refractivity (Wildman–Crippen MR) is 113 cm³/mol. The zero-order valence-corrected chi connectivity index (χ0v) is 17.8. The number of nitrogens with zero attached hydrogens (tertiary/aromatic N) is 3. The van der Waals surface area contributed by atoms with Crippen LogP contribution in [-0.4, -0.2) is 66.2 Å². The number of carbonyl (C=O) groups excluding carboxylic acids is 1. The summed E-state index contributed by atoms with van der Waals surface area (Å²) in [6.45, 7) is 2.91. The van der Waals surface area contributed by atoms with Crippen molar-refractivity contribution in [3.63, 3.8) is 0 Å². The molecule has 1 saturated heterocycles. The number of carboxylic acids is 1. The number of halogens is 1. The van der Waals surface area contributed by atoms with Gasteiger partial charge in [0.1, 0.15) is 5.82 Å². The summed E-state index contributed by atoms with van der Waals surface area (Å²) in [6.07, 6.45) is 6.19. The van der Waals surface area contributed by atoms with E-state index >= 15 is 4.39 Å². The maximum atomic E-state index is 15.4. The van der Waals surface area contributed by atoms with Gasteiger partial charge in [-0.1, -0.05) is 6.07 Å². The van der Waals surface area contributed by atoms with Crippen molar-refractivity contribution in [1.29, 1.82) is 0 Å². The summed E-state index contributed by atoms with van der Waals surface area (Å²) in [5.74, 6) is -0.529. The molecule has 2 fully saturated rings. The smallest absolute Gasteiger partial charge is 0.324 e. The summed E-state index contributed by atoms with van der Waals surface area (Å²) >= 11 is 0. The fourth-order valence-corrected chi connectivity index (χ4v) is 5.28. The molecule has 3 aliphatic rings. The SMILES string of the molecule is CN1CCc2ccc(N3CCN(C4CCC(CCC(=O)O)CC4)C3=O)c(F)c2CC1. The van der Waals surface area contributed by atoms with Crippen LogP contribution >= 0.6 is 0 Å². The first kappa shape index (κ1) is 21.1. The molecule has 30 heavy (non-hydrogen) atoms. The van der Waals surface area contributed by atoms with Gasteiger partial charge in [0.15, 0.2) is 0 Å². The second-order valence-corrected chi connectivity index (χ2v) is 9.07. The zero-order chi connectivity index (χ0) is 21.3. The van der Waals surface area contributed by atoms with Gasteiger partial charge in [-0.2, -0.15) is 0 Å². The highest BCUT2D eigenvalue weighted by Crippen LogP contribution is 2.35. The van der Waals surface area contributed by atoms with Crippen LogP contribution in [-0.2, 0) is 17.6 Å². The van der Waals surface area contributed by atoms with E-state index in [9.17, 15) is 9.59 Å². The van der Waals surface area contributed by atoms with E-state index in [-0.39, 0.29) is 24.3 Å². The zero-order valence-electron chi connectivity index (χ0n) is 17.8. The number of hydrogen-bond acceptors (Lipinski definition) is 3. The lowest BCUT2D eigenvalue weighted by molar-refractivity contribution is -0.137. The number of anilines is 1. The molecular formula is C23H32FN3O3. The van der Waals surface area contributed by atoms with Crippen molar-refractivity contribution >= 4 is 17.7 Å². The van der Waals surface area contributed by atoms with Gasteiger partial charge >= 0.3 is 12.0 Å². The second kappa shape index (κ2) is 8.92. The fourth-order valence-electron chi connectivity index (χ4n) is 5.28. The molecule has 164 valence electrons.